The molecule has 4 nitrogen and oxygen atoms in total. The van der Waals surface area contributed by atoms with Gasteiger partial charge in [0.15, 0.2) is 0 Å². The molecule has 3 aromatic rings. The molecule has 1 unspecified atom stereocenters. The van der Waals surface area contributed by atoms with Gasteiger partial charge in [0, 0.05) is 24.2 Å². The van der Waals surface area contributed by atoms with E-state index in [-0.39, 0.29) is 17.5 Å². The van der Waals surface area contributed by atoms with Crippen LogP contribution in [0, 0.1) is 24.5 Å². The van der Waals surface area contributed by atoms with Gasteiger partial charge in [-0.3, -0.25) is 4.79 Å². The lowest BCUT2D eigenvalue weighted by Gasteiger charge is -2.21. The maximum atomic E-state index is 13.8. The highest BCUT2D eigenvalue weighted by atomic mass is 19.1. The van der Waals surface area contributed by atoms with Crippen LogP contribution in [0.1, 0.15) is 23.4 Å². The second kappa shape index (κ2) is 5.95. The molecule has 0 saturated carbocycles. The molecule has 0 spiro atoms. The van der Waals surface area contributed by atoms with E-state index in [1.807, 2.05) is 29.7 Å². The van der Waals surface area contributed by atoms with Gasteiger partial charge < -0.3 is 9.72 Å². The molecule has 2 aromatic heterocycles. The standard InChI is InChI=1S/C19H17F2N3O/c1-11-5-8-17-22-15-7-6-12(9-16(15)24(17)10-11)19(25)23-18-13(20)3-2-4-14(18)21/h2-5,8,10,12H,6-7,9H2,1H3,(H,23,25). The highest BCUT2D eigenvalue weighted by Gasteiger charge is 2.29. The van der Waals surface area contributed by atoms with Crippen LogP contribution in [0.25, 0.3) is 5.65 Å². The first-order valence-corrected chi connectivity index (χ1v) is 8.24. The summed E-state index contributed by atoms with van der Waals surface area (Å²) < 4.78 is 29.5. The number of imidazole rings is 1. The average molecular weight is 341 g/mol. The molecule has 25 heavy (non-hydrogen) atoms. The maximum absolute atomic E-state index is 13.8. The van der Waals surface area contributed by atoms with E-state index in [2.05, 4.69) is 10.3 Å². The Morgan fingerprint density at radius 2 is 2.00 bits per heavy atom. The van der Waals surface area contributed by atoms with Crippen LogP contribution < -0.4 is 5.32 Å². The van der Waals surface area contributed by atoms with Gasteiger partial charge in [-0.25, -0.2) is 13.8 Å². The zero-order chi connectivity index (χ0) is 17.6. The number of nitrogens with one attached hydrogen (secondary N) is 1. The fourth-order valence-corrected chi connectivity index (χ4v) is 3.38. The van der Waals surface area contributed by atoms with Gasteiger partial charge in [-0.05, 0) is 43.5 Å². The lowest BCUT2D eigenvalue weighted by molar-refractivity contribution is -0.120. The van der Waals surface area contributed by atoms with Crippen LogP contribution >= 0.6 is 0 Å². The van der Waals surface area contributed by atoms with Gasteiger partial charge in [0.05, 0.1) is 5.69 Å². The first kappa shape index (κ1) is 15.7. The number of halogens is 2. The van der Waals surface area contributed by atoms with Gasteiger partial charge in [0.1, 0.15) is 23.0 Å². The molecule has 1 aliphatic rings. The largest absolute Gasteiger partial charge is 0.321 e. The van der Waals surface area contributed by atoms with E-state index in [9.17, 15) is 13.6 Å². The molecule has 0 radical (unpaired) electrons. The lowest BCUT2D eigenvalue weighted by Crippen LogP contribution is -2.29. The number of fused-ring (bicyclic) bond motifs is 3. The van der Waals surface area contributed by atoms with E-state index >= 15 is 0 Å². The van der Waals surface area contributed by atoms with E-state index < -0.39 is 11.6 Å². The quantitative estimate of drug-likeness (QED) is 0.773. The zero-order valence-corrected chi connectivity index (χ0v) is 13.7. The molecular formula is C19H17F2N3O. The number of carbonyl (C=O) groups excluding carboxylic acids is 1. The summed E-state index contributed by atoms with van der Waals surface area (Å²) in [6, 6.07) is 7.49. The number of anilines is 1. The number of hydrogen-bond acceptors (Lipinski definition) is 2. The van der Waals surface area contributed by atoms with Crippen LogP contribution in [0.4, 0.5) is 14.5 Å². The van der Waals surface area contributed by atoms with Crippen molar-refractivity contribution in [1.29, 1.82) is 0 Å². The first-order valence-electron chi connectivity index (χ1n) is 8.24. The number of para-hydroxylation sites is 1. The van der Waals surface area contributed by atoms with Crippen LogP contribution in [0.5, 0.6) is 0 Å². The molecule has 1 atom stereocenters. The van der Waals surface area contributed by atoms with Gasteiger partial charge in [-0.1, -0.05) is 12.1 Å². The number of nitrogens with zero attached hydrogens (tertiary/aromatic N) is 2. The molecule has 2 heterocycles. The SMILES string of the molecule is Cc1ccc2nc3c(n2c1)CC(C(=O)Nc1c(F)cccc1F)CC3. The van der Waals surface area contributed by atoms with Gasteiger partial charge in [-0.15, -0.1) is 0 Å². The van der Waals surface area contributed by atoms with Gasteiger partial charge in [0.25, 0.3) is 0 Å². The van der Waals surface area contributed by atoms with Crippen molar-refractivity contribution >= 4 is 17.2 Å². The summed E-state index contributed by atoms with van der Waals surface area (Å²) in [5.41, 5.74) is 3.57. The smallest absolute Gasteiger partial charge is 0.228 e. The number of rotatable bonds is 2. The summed E-state index contributed by atoms with van der Waals surface area (Å²) in [7, 11) is 0. The lowest BCUT2D eigenvalue weighted by atomic mass is 9.89. The number of aryl methyl sites for hydroxylation is 2. The Balaban J connectivity index is 1.60. The fraction of sp³-hybridized carbons (Fsp3) is 0.263. The highest BCUT2D eigenvalue weighted by Crippen LogP contribution is 2.28. The van der Waals surface area contributed by atoms with Crippen LogP contribution in [0.15, 0.2) is 36.5 Å². The van der Waals surface area contributed by atoms with Gasteiger partial charge >= 0.3 is 0 Å². The molecule has 1 aromatic carbocycles. The van der Waals surface area contributed by atoms with Crippen LogP contribution in [0.2, 0.25) is 0 Å². The van der Waals surface area contributed by atoms with Gasteiger partial charge in [0.2, 0.25) is 5.91 Å². The Labute approximate surface area is 143 Å². The van der Waals surface area contributed by atoms with Crippen molar-refractivity contribution in [3.8, 4) is 0 Å². The Bertz CT molecular complexity index is 960. The topological polar surface area (TPSA) is 46.4 Å². The highest BCUT2D eigenvalue weighted by molar-refractivity contribution is 5.93. The van der Waals surface area contributed by atoms with Crippen LogP contribution in [0.3, 0.4) is 0 Å². The summed E-state index contributed by atoms with van der Waals surface area (Å²) >= 11 is 0. The maximum Gasteiger partial charge on any atom is 0.228 e. The van der Waals surface area contributed by atoms with Crippen molar-refractivity contribution in [1.82, 2.24) is 9.38 Å². The van der Waals surface area contributed by atoms with Crippen molar-refractivity contribution in [2.45, 2.75) is 26.2 Å². The minimum absolute atomic E-state index is 0.341. The second-order valence-electron chi connectivity index (χ2n) is 6.47. The molecule has 1 aliphatic carbocycles. The van der Waals surface area contributed by atoms with Crippen LogP contribution in [-0.2, 0) is 17.6 Å². The third-order valence-corrected chi connectivity index (χ3v) is 4.70. The zero-order valence-electron chi connectivity index (χ0n) is 13.7. The van der Waals surface area contributed by atoms with Crippen molar-refractivity contribution in [3.05, 3.63) is 65.1 Å². The van der Waals surface area contributed by atoms with E-state index in [0.717, 1.165) is 34.7 Å². The van der Waals surface area contributed by atoms with Crippen molar-refractivity contribution < 1.29 is 13.6 Å². The number of aromatic nitrogens is 2. The van der Waals surface area contributed by atoms with E-state index in [1.165, 1.54) is 6.07 Å². The Morgan fingerprint density at radius 3 is 2.76 bits per heavy atom. The van der Waals surface area contributed by atoms with E-state index in [0.29, 0.717) is 19.3 Å². The molecule has 0 fully saturated rings. The molecule has 0 bridgehead atoms. The monoisotopic (exact) mass is 341 g/mol. The number of hydrogen-bond donors (Lipinski definition) is 1. The Kier molecular flexibility index (Phi) is 3.75. The fourth-order valence-electron chi connectivity index (χ4n) is 3.38. The predicted octanol–water partition coefficient (Wildman–Crippen LogP) is 3.66. The van der Waals surface area contributed by atoms with E-state index in [4.69, 9.17) is 0 Å². The number of amides is 1. The molecule has 1 N–H and O–H groups in total. The second-order valence-corrected chi connectivity index (χ2v) is 6.47. The van der Waals surface area contributed by atoms with E-state index in [1.54, 1.807) is 0 Å². The minimum atomic E-state index is -0.768. The summed E-state index contributed by atoms with van der Waals surface area (Å²) in [5, 5.41) is 2.41. The molecule has 128 valence electrons. The van der Waals surface area contributed by atoms with Crippen molar-refractivity contribution in [2.75, 3.05) is 5.32 Å². The average Bonchev–Trinajstić information content (AvgIpc) is 2.95. The third-order valence-electron chi connectivity index (χ3n) is 4.70. The van der Waals surface area contributed by atoms with Crippen LogP contribution in [-0.4, -0.2) is 15.3 Å². The van der Waals surface area contributed by atoms with Crippen molar-refractivity contribution in [2.24, 2.45) is 5.92 Å². The molecule has 0 aliphatic heterocycles. The Hall–Kier alpha value is -2.76. The summed E-state index contributed by atoms with van der Waals surface area (Å²) in [6.45, 7) is 2.00. The molecule has 1 amide bonds. The van der Waals surface area contributed by atoms with Gasteiger partial charge in [-0.2, -0.15) is 0 Å². The number of benzene rings is 1. The first-order chi connectivity index (χ1) is 12.0. The van der Waals surface area contributed by atoms with Crippen molar-refractivity contribution in [3.63, 3.8) is 0 Å². The summed E-state index contributed by atoms with van der Waals surface area (Å²) in [6.07, 6.45) is 3.78. The molecule has 0 saturated heterocycles. The molecular weight excluding hydrogens is 324 g/mol. The number of carbonyl (C=O) groups is 1. The minimum Gasteiger partial charge on any atom is -0.321 e. The normalized spacial score (nSPS) is 16.7. The number of pyridine rings is 1. The summed E-state index contributed by atoms with van der Waals surface area (Å²) in [5.74, 6) is -2.24. The predicted molar refractivity (Wildman–Crippen MR) is 90.4 cm³/mol. The third kappa shape index (κ3) is 2.77. The summed E-state index contributed by atoms with van der Waals surface area (Å²) in [4.78, 5) is 17.1. The Morgan fingerprint density at radius 1 is 1.24 bits per heavy atom. The molecule has 6 heteroatoms. The molecule has 4 rings (SSSR count).